The molecule has 2 rings (SSSR count). The Bertz CT molecular complexity index is 583. The molecule has 1 N–H and O–H groups in total. The summed E-state index contributed by atoms with van der Waals surface area (Å²) >= 11 is 0. The largest absolute Gasteiger partial charge is 0.450 e. The first-order valence-corrected chi connectivity index (χ1v) is 8.92. The molecule has 0 aliphatic carbocycles. The summed E-state index contributed by atoms with van der Waals surface area (Å²) in [5.74, 6) is 1.25. The van der Waals surface area contributed by atoms with Crippen LogP contribution in [-0.2, 0) is 4.74 Å². The van der Waals surface area contributed by atoms with Gasteiger partial charge in [0.1, 0.15) is 5.82 Å². The van der Waals surface area contributed by atoms with Crippen LogP contribution >= 0.6 is 0 Å². The summed E-state index contributed by atoms with van der Waals surface area (Å²) in [6.07, 6.45) is 2.34. The number of rotatable bonds is 6. The van der Waals surface area contributed by atoms with E-state index in [0.29, 0.717) is 50.8 Å². The van der Waals surface area contributed by atoms with E-state index in [4.69, 9.17) is 4.74 Å². The van der Waals surface area contributed by atoms with Crippen LogP contribution in [0, 0.1) is 5.92 Å². The fourth-order valence-corrected chi connectivity index (χ4v) is 2.64. The second kappa shape index (κ2) is 9.25. The molecule has 0 bridgehead atoms. The van der Waals surface area contributed by atoms with Crippen molar-refractivity contribution < 1.29 is 14.3 Å². The van der Waals surface area contributed by atoms with E-state index in [9.17, 15) is 9.59 Å². The van der Waals surface area contributed by atoms with Gasteiger partial charge in [0, 0.05) is 44.5 Å². The van der Waals surface area contributed by atoms with Crippen molar-refractivity contribution in [2.45, 2.75) is 27.2 Å². The lowest BCUT2D eigenvalue weighted by atomic mass is 10.1. The van der Waals surface area contributed by atoms with Gasteiger partial charge in [-0.2, -0.15) is 0 Å². The Kier molecular flexibility index (Phi) is 7.03. The highest BCUT2D eigenvalue weighted by atomic mass is 16.6. The smallest absolute Gasteiger partial charge is 0.409 e. The maximum absolute atomic E-state index is 12.2. The summed E-state index contributed by atoms with van der Waals surface area (Å²) in [5, 5.41) is 2.94. The van der Waals surface area contributed by atoms with Gasteiger partial charge in [-0.25, -0.2) is 9.78 Å². The Morgan fingerprint density at radius 2 is 2.00 bits per heavy atom. The number of pyridine rings is 1. The minimum atomic E-state index is -0.270. The Labute approximate surface area is 149 Å². The first-order valence-electron chi connectivity index (χ1n) is 8.92. The molecule has 25 heavy (non-hydrogen) atoms. The average Bonchev–Trinajstić information content (AvgIpc) is 2.62. The van der Waals surface area contributed by atoms with E-state index >= 15 is 0 Å². The predicted molar refractivity (Wildman–Crippen MR) is 96.8 cm³/mol. The third-order valence-electron chi connectivity index (χ3n) is 4.14. The number of carbonyl (C=O) groups is 2. The lowest BCUT2D eigenvalue weighted by Gasteiger charge is -2.34. The van der Waals surface area contributed by atoms with E-state index in [1.165, 1.54) is 0 Å². The summed E-state index contributed by atoms with van der Waals surface area (Å²) in [4.78, 5) is 32.1. The highest BCUT2D eigenvalue weighted by molar-refractivity contribution is 5.94. The van der Waals surface area contributed by atoms with E-state index in [0.717, 1.165) is 12.2 Å². The van der Waals surface area contributed by atoms with Crippen LogP contribution in [-0.4, -0.2) is 61.2 Å². The van der Waals surface area contributed by atoms with Crippen molar-refractivity contribution in [1.29, 1.82) is 0 Å². The van der Waals surface area contributed by atoms with Crippen molar-refractivity contribution in [2.75, 3.05) is 44.2 Å². The molecule has 1 aliphatic rings. The van der Waals surface area contributed by atoms with Crippen LogP contribution in [0.3, 0.4) is 0 Å². The monoisotopic (exact) mass is 348 g/mol. The summed E-state index contributed by atoms with van der Waals surface area (Å²) in [7, 11) is 0. The highest BCUT2D eigenvalue weighted by Crippen LogP contribution is 2.15. The van der Waals surface area contributed by atoms with Crippen molar-refractivity contribution in [3.05, 3.63) is 23.9 Å². The second-order valence-corrected chi connectivity index (χ2v) is 6.51. The van der Waals surface area contributed by atoms with Gasteiger partial charge in [-0.05, 0) is 31.4 Å². The Hall–Kier alpha value is -2.31. The molecule has 0 spiro atoms. The SMILES string of the molecule is CCOC(=O)N1CCN(c2cc(C(=O)NCCC(C)C)ccn2)CC1. The number of anilines is 1. The van der Waals surface area contributed by atoms with E-state index < -0.39 is 0 Å². The van der Waals surface area contributed by atoms with E-state index in [1.54, 1.807) is 24.1 Å². The third kappa shape index (κ3) is 5.62. The first kappa shape index (κ1) is 19.0. The molecular weight excluding hydrogens is 320 g/mol. The number of nitrogens with zero attached hydrogens (tertiary/aromatic N) is 3. The van der Waals surface area contributed by atoms with Gasteiger partial charge in [0.15, 0.2) is 0 Å². The van der Waals surface area contributed by atoms with Gasteiger partial charge >= 0.3 is 6.09 Å². The maximum Gasteiger partial charge on any atom is 0.409 e. The number of amides is 2. The van der Waals surface area contributed by atoms with Crippen LogP contribution in [0.2, 0.25) is 0 Å². The third-order valence-corrected chi connectivity index (χ3v) is 4.14. The number of ether oxygens (including phenoxy) is 1. The van der Waals surface area contributed by atoms with Gasteiger partial charge in [-0.15, -0.1) is 0 Å². The molecular formula is C18H28N4O3. The molecule has 0 saturated carbocycles. The fraction of sp³-hybridized carbons (Fsp3) is 0.611. The van der Waals surface area contributed by atoms with Crippen LogP contribution < -0.4 is 10.2 Å². The summed E-state index contributed by atoms with van der Waals surface area (Å²) in [6.45, 7) is 9.64. The molecule has 0 unspecified atom stereocenters. The Morgan fingerprint density at radius 1 is 1.28 bits per heavy atom. The second-order valence-electron chi connectivity index (χ2n) is 6.51. The minimum Gasteiger partial charge on any atom is -0.450 e. The molecule has 2 amide bonds. The highest BCUT2D eigenvalue weighted by Gasteiger charge is 2.23. The predicted octanol–water partition coefficient (Wildman–Crippen LogP) is 2.14. The molecule has 138 valence electrons. The fourth-order valence-electron chi connectivity index (χ4n) is 2.64. The molecule has 1 aromatic heterocycles. The van der Waals surface area contributed by atoms with Gasteiger partial charge in [-0.1, -0.05) is 13.8 Å². The first-order chi connectivity index (χ1) is 12.0. The average molecular weight is 348 g/mol. The topological polar surface area (TPSA) is 74.8 Å². The maximum atomic E-state index is 12.2. The van der Waals surface area contributed by atoms with Gasteiger partial charge in [0.25, 0.3) is 5.91 Å². The summed E-state index contributed by atoms with van der Waals surface area (Å²) in [5.41, 5.74) is 0.613. The van der Waals surface area contributed by atoms with E-state index in [1.807, 2.05) is 6.07 Å². The zero-order chi connectivity index (χ0) is 18.2. The standard InChI is InChI=1S/C18H28N4O3/c1-4-25-18(24)22-11-9-21(10-12-22)16-13-15(6-8-19-16)17(23)20-7-5-14(2)3/h6,8,13-14H,4-5,7,9-12H2,1-3H3,(H,20,23). The molecule has 1 aromatic rings. The molecule has 0 radical (unpaired) electrons. The van der Waals surface area contributed by atoms with Crippen molar-refractivity contribution in [3.63, 3.8) is 0 Å². The molecule has 7 heteroatoms. The zero-order valence-electron chi connectivity index (χ0n) is 15.3. The van der Waals surface area contributed by atoms with Gasteiger partial charge in [-0.3, -0.25) is 4.79 Å². The quantitative estimate of drug-likeness (QED) is 0.852. The van der Waals surface area contributed by atoms with Crippen molar-refractivity contribution in [1.82, 2.24) is 15.2 Å². The summed E-state index contributed by atoms with van der Waals surface area (Å²) < 4.78 is 5.03. The van der Waals surface area contributed by atoms with Gasteiger partial charge in [0.05, 0.1) is 6.61 Å². The van der Waals surface area contributed by atoms with Gasteiger partial charge in [0.2, 0.25) is 0 Å². The van der Waals surface area contributed by atoms with Crippen LogP contribution in [0.25, 0.3) is 0 Å². The number of piperazine rings is 1. The van der Waals surface area contributed by atoms with E-state index in [-0.39, 0.29) is 12.0 Å². The van der Waals surface area contributed by atoms with Crippen LogP contribution in [0.5, 0.6) is 0 Å². The number of hydrogen-bond acceptors (Lipinski definition) is 5. The van der Waals surface area contributed by atoms with Crippen LogP contribution in [0.4, 0.5) is 10.6 Å². The van der Waals surface area contributed by atoms with Crippen LogP contribution in [0.15, 0.2) is 18.3 Å². The molecule has 1 saturated heterocycles. The zero-order valence-corrected chi connectivity index (χ0v) is 15.3. The number of hydrogen-bond donors (Lipinski definition) is 1. The van der Waals surface area contributed by atoms with Crippen molar-refractivity contribution in [3.8, 4) is 0 Å². The number of nitrogens with one attached hydrogen (secondary N) is 1. The molecule has 1 fully saturated rings. The van der Waals surface area contributed by atoms with Crippen molar-refractivity contribution in [2.24, 2.45) is 5.92 Å². The Balaban J connectivity index is 1.91. The molecule has 2 heterocycles. The van der Waals surface area contributed by atoms with Crippen molar-refractivity contribution >= 4 is 17.8 Å². The summed E-state index contributed by atoms with van der Waals surface area (Å²) in [6, 6.07) is 3.54. The molecule has 1 aliphatic heterocycles. The molecule has 7 nitrogen and oxygen atoms in total. The number of aromatic nitrogens is 1. The lowest BCUT2D eigenvalue weighted by molar-refractivity contribution is 0.0951. The minimum absolute atomic E-state index is 0.0746. The normalized spacial score (nSPS) is 14.6. The van der Waals surface area contributed by atoms with Crippen LogP contribution in [0.1, 0.15) is 37.6 Å². The van der Waals surface area contributed by atoms with Gasteiger partial charge < -0.3 is 19.9 Å². The lowest BCUT2D eigenvalue weighted by Crippen LogP contribution is -2.49. The number of carbonyl (C=O) groups excluding carboxylic acids is 2. The molecule has 0 atom stereocenters. The Morgan fingerprint density at radius 3 is 2.64 bits per heavy atom. The van der Waals surface area contributed by atoms with E-state index in [2.05, 4.69) is 29.0 Å². The molecule has 0 aromatic carbocycles.